The van der Waals surface area contributed by atoms with Gasteiger partial charge in [-0.25, -0.2) is 9.78 Å². The van der Waals surface area contributed by atoms with Crippen molar-refractivity contribution in [2.24, 2.45) is 0 Å². The molecule has 8 heteroatoms. The molecule has 0 aliphatic carbocycles. The Hall–Kier alpha value is -6.28. The van der Waals surface area contributed by atoms with E-state index in [9.17, 15) is 14.4 Å². The smallest absolute Gasteiger partial charge is 0.328 e. The molecule has 1 N–H and O–H groups in total. The molecule has 5 aromatic carbocycles. The number of ketones is 1. The molecule has 50 heavy (non-hydrogen) atoms. The van der Waals surface area contributed by atoms with Crippen molar-refractivity contribution in [2.45, 2.75) is 19.0 Å². The van der Waals surface area contributed by atoms with Crippen molar-refractivity contribution in [3.05, 3.63) is 174 Å². The molecule has 0 radical (unpaired) electrons. The summed E-state index contributed by atoms with van der Waals surface area (Å²) in [7, 11) is 1.34. The SMILES string of the molecule is COC(=O)C(Cc1ccc(OCCN(Cc2ccccc2)C(=O)c2ccc3ccccc3n2)cc1)Nc1ccccc1C(=O)c1ccccc1. The van der Waals surface area contributed by atoms with Crippen LogP contribution in [-0.2, 0) is 22.5 Å². The van der Waals surface area contributed by atoms with Crippen LogP contribution in [0.1, 0.15) is 37.5 Å². The zero-order valence-electron chi connectivity index (χ0n) is 27.7. The van der Waals surface area contributed by atoms with E-state index in [1.807, 2.05) is 109 Å². The molecule has 250 valence electrons. The fourth-order valence-electron chi connectivity index (χ4n) is 5.71. The van der Waals surface area contributed by atoms with Crippen LogP contribution in [0.3, 0.4) is 0 Å². The van der Waals surface area contributed by atoms with Crippen molar-refractivity contribution in [3.63, 3.8) is 0 Å². The highest BCUT2D eigenvalue weighted by Gasteiger charge is 2.23. The number of amides is 1. The third-order valence-electron chi connectivity index (χ3n) is 8.34. The van der Waals surface area contributed by atoms with Crippen LogP contribution < -0.4 is 10.1 Å². The summed E-state index contributed by atoms with van der Waals surface area (Å²) in [5.41, 5.74) is 4.60. The standard InChI is InChI=1S/C42H37N3O5/c1-49-42(48)39(44-37-19-11-9-17-35(37)40(46)33-15-6-3-7-16-33)28-30-20-23-34(24-21-30)50-27-26-45(29-31-12-4-2-5-13-31)41(47)38-25-22-32-14-8-10-18-36(32)43-38/h2-25,39,44H,26-29H2,1H3. The minimum Gasteiger partial charge on any atom is -0.492 e. The van der Waals surface area contributed by atoms with Crippen molar-refractivity contribution < 1.29 is 23.9 Å². The molecule has 1 heterocycles. The summed E-state index contributed by atoms with van der Waals surface area (Å²) in [4.78, 5) is 46.2. The molecular weight excluding hydrogens is 626 g/mol. The third-order valence-corrected chi connectivity index (χ3v) is 8.34. The van der Waals surface area contributed by atoms with E-state index in [1.165, 1.54) is 7.11 Å². The summed E-state index contributed by atoms with van der Waals surface area (Å²) in [6.45, 7) is 1.03. The monoisotopic (exact) mass is 663 g/mol. The molecular formula is C42H37N3O5. The van der Waals surface area contributed by atoms with Crippen molar-refractivity contribution in [3.8, 4) is 5.75 Å². The minimum absolute atomic E-state index is 0.142. The van der Waals surface area contributed by atoms with Gasteiger partial charge in [0.1, 0.15) is 24.1 Å². The van der Waals surface area contributed by atoms with Gasteiger partial charge in [0, 0.05) is 35.2 Å². The summed E-state index contributed by atoms with van der Waals surface area (Å²) < 4.78 is 11.2. The first-order valence-electron chi connectivity index (χ1n) is 16.4. The van der Waals surface area contributed by atoms with E-state index >= 15 is 0 Å². The summed E-state index contributed by atoms with van der Waals surface area (Å²) in [5.74, 6) is -0.134. The Kier molecular flexibility index (Phi) is 10.9. The van der Waals surface area contributed by atoms with Gasteiger partial charge >= 0.3 is 5.97 Å². The van der Waals surface area contributed by atoms with E-state index in [-0.39, 0.29) is 18.3 Å². The second-order valence-electron chi connectivity index (χ2n) is 11.8. The number of carbonyl (C=O) groups is 3. The Labute approximate surface area is 291 Å². The van der Waals surface area contributed by atoms with Crippen LogP contribution in [0.4, 0.5) is 5.69 Å². The predicted molar refractivity (Wildman–Crippen MR) is 194 cm³/mol. The normalized spacial score (nSPS) is 11.4. The lowest BCUT2D eigenvalue weighted by Crippen LogP contribution is -2.34. The number of anilines is 1. The van der Waals surface area contributed by atoms with Gasteiger partial charge in [-0.2, -0.15) is 0 Å². The van der Waals surface area contributed by atoms with Crippen LogP contribution in [0, 0.1) is 0 Å². The molecule has 0 aliphatic heterocycles. The molecule has 6 rings (SSSR count). The number of hydrogen-bond donors (Lipinski definition) is 1. The van der Waals surface area contributed by atoms with E-state index in [1.54, 1.807) is 41.3 Å². The number of nitrogens with one attached hydrogen (secondary N) is 1. The number of rotatable bonds is 14. The van der Waals surface area contributed by atoms with E-state index < -0.39 is 12.0 Å². The lowest BCUT2D eigenvalue weighted by atomic mass is 10.00. The number of carbonyl (C=O) groups excluding carboxylic acids is 3. The van der Waals surface area contributed by atoms with Gasteiger partial charge in [0.2, 0.25) is 0 Å². The highest BCUT2D eigenvalue weighted by Crippen LogP contribution is 2.23. The number of benzene rings is 5. The van der Waals surface area contributed by atoms with Crippen LogP contribution in [-0.4, -0.2) is 53.8 Å². The van der Waals surface area contributed by atoms with E-state index in [2.05, 4.69) is 10.3 Å². The summed E-state index contributed by atoms with van der Waals surface area (Å²) >= 11 is 0. The molecule has 0 fully saturated rings. The van der Waals surface area contributed by atoms with Gasteiger partial charge in [-0.15, -0.1) is 0 Å². The lowest BCUT2D eigenvalue weighted by molar-refractivity contribution is -0.141. The number of esters is 1. The number of aromatic nitrogens is 1. The van der Waals surface area contributed by atoms with E-state index in [4.69, 9.17) is 9.47 Å². The van der Waals surface area contributed by atoms with Crippen molar-refractivity contribution >= 4 is 34.3 Å². The van der Waals surface area contributed by atoms with Gasteiger partial charge in [0.15, 0.2) is 5.78 Å². The molecule has 1 aromatic heterocycles. The predicted octanol–water partition coefficient (Wildman–Crippen LogP) is 7.38. The van der Waals surface area contributed by atoms with Gasteiger partial charge in [0.25, 0.3) is 5.91 Å². The highest BCUT2D eigenvalue weighted by atomic mass is 16.5. The Bertz CT molecular complexity index is 2070. The number of methoxy groups -OCH3 is 1. The first-order valence-corrected chi connectivity index (χ1v) is 16.4. The molecule has 1 atom stereocenters. The maximum absolute atomic E-state index is 13.7. The molecule has 0 aliphatic rings. The molecule has 0 saturated carbocycles. The fraction of sp³-hybridized carbons (Fsp3) is 0.143. The third kappa shape index (κ3) is 8.41. The number of para-hydroxylation sites is 2. The Balaban J connectivity index is 1.11. The topological polar surface area (TPSA) is 97.8 Å². The van der Waals surface area contributed by atoms with Crippen molar-refractivity contribution in [1.29, 1.82) is 0 Å². The van der Waals surface area contributed by atoms with Gasteiger partial charge in [-0.1, -0.05) is 109 Å². The first kappa shape index (κ1) is 33.6. The van der Waals surface area contributed by atoms with Crippen LogP contribution in [0.5, 0.6) is 5.75 Å². The van der Waals surface area contributed by atoms with Gasteiger partial charge in [-0.05, 0) is 47.5 Å². The fourth-order valence-corrected chi connectivity index (χ4v) is 5.71. The average Bonchev–Trinajstić information content (AvgIpc) is 3.17. The zero-order chi connectivity index (χ0) is 34.7. The van der Waals surface area contributed by atoms with Crippen LogP contribution in [0.25, 0.3) is 10.9 Å². The highest BCUT2D eigenvalue weighted by molar-refractivity contribution is 6.12. The average molecular weight is 664 g/mol. The Morgan fingerprint density at radius 2 is 1.40 bits per heavy atom. The number of ether oxygens (including phenoxy) is 2. The summed E-state index contributed by atoms with van der Waals surface area (Å²) in [5, 5.41) is 4.22. The second-order valence-corrected chi connectivity index (χ2v) is 11.8. The molecule has 6 aromatic rings. The second kappa shape index (κ2) is 16.2. The first-order chi connectivity index (χ1) is 24.5. The number of fused-ring (bicyclic) bond motifs is 1. The number of pyridine rings is 1. The molecule has 0 saturated heterocycles. The van der Waals surface area contributed by atoms with Gasteiger partial charge in [0.05, 0.1) is 19.2 Å². The molecule has 0 spiro atoms. The molecule has 8 nitrogen and oxygen atoms in total. The quantitative estimate of drug-likeness (QED) is 0.0959. The molecule has 1 unspecified atom stereocenters. The maximum Gasteiger partial charge on any atom is 0.328 e. The zero-order valence-corrected chi connectivity index (χ0v) is 27.7. The molecule has 1 amide bonds. The van der Waals surface area contributed by atoms with E-state index in [0.29, 0.717) is 47.8 Å². The van der Waals surface area contributed by atoms with Crippen molar-refractivity contribution in [2.75, 3.05) is 25.6 Å². The Morgan fingerprint density at radius 1 is 0.720 bits per heavy atom. The van der Waals surface area contributed by atoms with E-state index in [0.717, 1.165) is 22.0 Å². The largest absolute Gasteiger partial charge is 0.492 e. The van der Waals surface area contributed by atoms with Crippen LogP contribution >= 0.6 is 0 Å². The minimum atomic E-state index is -0.738. The van der Waals surface area contributed by atoms with Crippen LogP contribution in [0.15, 0.2) is 146 Å². The lowest BCUT2D eigenvalue weighted by Gasteiger charge is -2.23. The number of nitrogens with zero attached hydrogens (tertiary/aromatic N) is 2. The van der Waals surface area contributed by atoms with Crippen LogP contribution in [0.2, 0.25) is 0 Å². The number of hydrogen-bond acceptors (Lipinski definition) is 7. The maximum atomic E-state index is 13.7. The van der Waals surface area contributed by atoms with Gasteiger partial charge in [-0.3, -0.25) is 9.59 Å². The molecule has 0 bridgehead atoms. The van der Waals surface area contributed by atoms with Gasteiger partial charge < -0.3 is 19.7 Å². The van der Waals surface area contributed by atoms with Crippen molar-refractivity contribution in [1.82, 2.24) is 9.88 Å². The summed E-state index contributed by atoms with van der Waals surface area (Å²) in [6.07, 6.45) is 0.318. The summed E-state index contributed by atoms with van der Waals surface area (Å²) in [6, 6.07) is 44.1. The Morgan fingerprint density at radius 3 is 2.16 bits per heavy atom.